The quantitative estimate of drug-likeness (QED) is 0.256. The Bertz CT molecular complexity index is 1820. The highest BCUT2D eigenvalue weighted by Gasteiger charge is 2.19. The van der Waals surface area contributed by atoms with E-state index < -0.39 is 0 Å². The van der Waals surface area contributed by atoms with Crippen LogP contribution in [0.15, 0.2) is 128 Å². The van der Waals surface area contributed by atoms with Crippen molar-refractivity contribution in [3.63, 3.8) is 0 Å². The maximum absolute atomic E-state index is 5.27. The van der Waals surface area contributed by atoms with Gasteiger partial charge in [-0.05, 0) is 40.1 Å². The highest BCUT2D eigenvalue weighted by Crippen LogP contribution is 2.39. The Labute approximate surface area is 203 Å². The summed E-state index contributed by atoms with van der Waals surface area (Å²) in [5.41, 5.74) is 6.58. The van der Waals surface area contributed by atoms with E-state index in [1.54, 1.807) is 6.20 Å². The molecule has 5 aromatic carbocycles. The topological polar surface area (TPSA) is 30.7 Å². The van der Waals surface area contributed by atoms with Gasteiger partial charge in [0.2, 0.25) is 0 Å². The van der Waals surface area contributed by atoms with Crippen LogP contribution in [0.2, 0.25) is 0 Å². The number of aromatic nitrogens is 3. The average molecular weight is 448 g/mol. The molecule has 35 heavy (non-hydrogen) atoms. The zero-order valence-corrected chi connectivity index (χ0v) is 19.0. The van der Waals surface area contributed by atoms with Gasteiger partial charge in [-0.15, -0.1) is 0 Å². The molecule has 0 amide bonds. The molecule has 0 radical (unpaired) electrons. The van der Waals surface area contributed by atoms with Crippen LogP contribution in [0.3, 0.4) is 0 Å². The van der Waals surface area contributed by atoms with Crippen molar-refractivity contribution >= 4 is 32.6 Å². The van der Waals surface area contributed by atoms with Crippen LogP contribution in [0.1, 0.15) is 0 Å². The van der Waals surface area contributed by atoms with Gasteiger partial charge in [-0.1, -0.05) is 97.1 Å². The Hall–Kier alpha value is -4.76. The van der Waals surface area contributed by atoms with E-state index in [0.717, 1.165) is 39.2 Å². The van der Waals surface area contributed by atoms with Crippen LogP contribution in [0.25, 0.3) is 60.8 Å². The van der Waals surface area contributed by atoms with Gasteiger partial charge in [0.15, 0.2) is 0 Å². The third-order valence-electron chi connectivity index (χ3n) is 6.68. The van der Waals surface area contributed by atoms with Crippen molar-refractivity contribution in [3.8, 4) is 28.2 Å². The fourth-order valence-corrected chi connectivity index (χ4v) is 5.07. The molecule has 0 aliphatic carbocycles. The molecule has 2 aromatic heterocycles. The number of rotatable bonds is 3. The predicted octanol–water partition coefficient (Wildman–Crippen LogP) is 8.06. The minimum atomic E-state index is 0.941. The van der Waals surface area contributed by atoms with Gasteiger partial charge in [0, 0.05) is 34.4 Å². The molecule has 7 aromatic rings. The summed E-state index contributed by atoms with van der Waals surface area (Å²) < 4.78 is 2.31. The van der Waals surface area contributed by atoms with Crippen LogP contribution in [0.5, 0.6) is 0 Å². The summed E-state index contributed by atoms with van der Waals surface area (Å²) in [6, 6.07) is 40.4. The van der Waals surface area contributed by atoms with Crippen LogP contribution in [0, 0.1) is 0 Å². The first-order chi connectivity index (χ1) is 17.4. The number of hydrogen-bond acceptors (Lipinski definition) is 2. The van der Waals surface area contributed by atoms with Crippen molar-refractivity contribution < 1.29 is 0 Å². The van der Waals surface area contributed by atoms with E-state index in [9.17, 15) is 0 Å². The van der Waals surface area contributed by atoms with Gasteiger partial charge in [-0.25, -0.2) is 4.98 Å². The summed E-state index contributed by atoms with van der Waals surface area (Å²) in [6.07, 6.45) is 3.70. The number of benzene rings is 5. The summed E-state index contributed by atoms with van der Waals surface area (Å²) in [4.78, 5) is 9.55. The van der Waals surface area contributed by atoms with Gasteiger partial charge in [0.25, 0.3) is 0 Å². The lowest BCUT2D eigenvalue weighted by Crippen LogP contribution is -1.98. The van der Waals surface area contributed by atoms with Crippen molar-refractivity contribution in [2.45, 2.75) is 0 Å². The lowest BCUT2D eigenvalue weighted by molar-refractivity contribution is 1.11. The third-order valence-corrected chi connectivity index (χ3v) is 6.68. The second kappa shape index (κ2) is 7.93. The summed E-state index contributed by atoms with van der Waals surface area (Å²) in [6.45, 7) is 0. The van der Waals surface area contributed by atoms with E-state index >= 15 is 0 Å². The van der Waals surface area contributed by atoms with Gasteiger partial charge in [0.05, 0.1) is 11.0 Å². The van der Waals surface area contributed by atoms with Crippen molar-refractivity contribution in [3.05, 3.63) is 128 Å². The molecule has 2 heterocycles. The van der Waals surface area contributed by atoms with Crippen LogP contribution >= 0.6 is 0 Å². The number of fused-ring (bicyclic) bond motifs is 6. The summed E-state index contributed by atoms with van der Waals surface area (Å²) >= 11 is 0. The first-order valence-corrected chi connectivity index (χ1v) is 11.8. The highest BCUT2D eigenvalue weighted by atomic mass is 15.1. The van der Waals surface area contributed by atoms with Crippen LogP contribution in [-0.2, 0) is 0 Å². The Morgan fingerprint density at radius 1 is 0.486 bits per heavy atom. The molecule has 0 saturated heterocycles. The molecule has 0 N–H and O–H groups in total. The van der Waals surface area contributed by atoms with E-state index in [1.807, 2.05) is 18.3 Å². The maximum atomic E-state index is 5.27. The van der Waals surface area contributed by atoms with E-state index in [2.05, 4.69) is 113 Å². The zero-order chi connectivity index (χ0) is 23.2. The van der Waals surface area contributed by atoms with Crippen LogP contribution in [0.4, 0.5) is 0 Å². The standard InChI is InChI=1S/C32H21N3/c1-2-9-23(10-3-1)32-34-30-28-14-6-4-12-26(28)27-13-5-7-15-29(27)31(30)35(32)25-18-16-22(17-19-25)24-11-8-20-33-21-24/h1-21H. The van der Waals surface area contributed by atoms with Crippen LogP contribution in [-0.4, -0.2) is 14.5 Å². The fraction of sp³-hybridized carbons (Fsp3) is 0. The molecule has 0 fully saturated rings. The number of pyridine rings is 1. The summed E-state index contributed by atoms with van der Waals surface area (Å²) in [5.74, 6) is 0.941. The molecule has 3 nitrogen and oxygen atoms in total. The summed E-state index contributed by atoms with van der Waals surface area (Å²) in [7, 11) is 0. The van der Waals surface area contributed by atoms with E-state index in [1.165, 1.54) is 21.5 Å². The first kappa shape index (κ1) is 19.7. The molecule has 0 unspecified atom stereocenters. The molecular formula is C32H21N3. The molecule has 0 spiro atoms. The Balaban J connectivity index is 1.59. The van der Waals surface area contributed by atoms with Crippen molar-refractivity contribution in [1.82, 2.24) is 14.5 Å². The molecule has 0 aliphatic heterocycles. The lowest BCUT2D eigenvalue weighted by atomic mass is 10.00. The van der Waals surface area contributed by atoms with E-state index in [-0.39, 0.29) is 0 Å². The van der Waals surface area contributed by atoms with E-state index in [0.29, 0.717) is 0 Å². The molecule has 0 aliphatic rings. The largest absolute Gasteiger partial charge is 0.292 e. The van der Waals surface area contributed by atoms with Crippen molar-refractivity contribution in [2.75, 3.05) is 0 Å². The minimum absolute atomic E-state index is 0.941. The molecule has 0 atom stereocenters. The van der Waals surface area contributed by atoms with Crippen molar-refractivity contribution in [2.24, 2.45) is 0 Å². The molecule has 164 valence electrons. The second-order valence-corrected chi connectivity index (χ2v) is 8.71. The highest BCUT2D eigenvalue weighted by molar-refractivity contribution is 6.24. The molecule has 3 heteroatoms. The van der Waals surface area contributed by atoms with Crippen molar-refractivity contribution in [1.29, 1.82) is 0 Å². The number of hydrogen-bond donors (Lipinski definition) is 0. The third kappa shape index (κ3) is 3.13. The minimum Gasteiger partial charge on any atom is -0.292 e. The normalized spacial score (nSPS) is 11.4. The summed E-state index contributed by atoms with van der Waals surface area (Å²) in [5, 5.41) is 4.84. The Morgan fingerprint density at radius 2 is 1.11 bits per heavy atom. The van der Waals surface area contributed by atoms with E-state index in [4.69, 9.17) is 4.98 Å². The maximum Gasteiger partial charge on any atom is 0.145 e. The molecule has 0 saturated carbocycles. The Morgan fingerprint density at radius 3 is 1.83 bits per heavy atom. The zero-order valence-electron chi connectivity index (χ0n) is 19.0. The van der Waals surface area contributed by atoms with Gasteiger partial charge >= 0.3 is 0 Å². The van der Waals surface area contributed by atoms with Gasteiger partial charge in [-0.2, -0.15) is 0 Å². The first-order valence-electron chi connectivity index (χ1n) is 11.8. The molecule has 0 bridgehead atoms. The smallest absolute Gasteiger partial charge is 0.145 e. The Kier molecular flexibility index (Phi) is 4.46. The monoisotopic (exact) mass is 447 g/mol. The number of nitrogens with zero attached hydrogens (tertiary/aromatic N) is 3. The fourth-order valence-electron chi connectivity index (χ4n) is 5.07. The lowest BCUT2D eigenvalue weighted by Gasteiger charge is -2.13. The molecular weight excluding hydrogens is 426 g/mol. The average Bonchev–Trinajstić information content (AvgIpc) is 3.35. The van der Waals surface area contributed by atoms with Gasteiger partial charge in [-0.3, -0.25) is 9.55 Å². The second-order valence-electron chi connectivity index (χ2n) is 8.71. The van der Waals surface area contributed by atoms with Gasteiger partial charge in [0.1, 0.15) is 5.82 Å². The number of imidazole rings is 1. The van der Waals surface area contributed by atoms with Gasteiger partial charge < -0.3 is 0 Å². The SMILES string of the molecule is c1ccc(-c2nc3c4ccccc4c4ccccc4c3n2-c2ccc(-c3cccnc3)cc2)cc1. The molecule has 7 rings (SSSR count). The predicted molar refractivity (Wildman–Crippen MR) is 145 cm³/mol. The van der Waals surface area contributed by atoms with Crippen LogP contribution < -0.4 is 0 Å².